The molecule has 20 heavy (non-hydrogen) atoms. The van der Waals surface area contributed by atoms with Crippen LogP contribution in [0.1, 0.15) is 18.7 Å². The van der Waals surface area contributed by atoms with Crippen molar-refractivity contribution in [3.8, 4) is 0 Å². The second-order valence-corrected chi connectivity index (χ2v) is 5.18. The number of benzene rings is 1. The van der Waals surface area contributed by atoms with Gasteiger partial charge in [-0.15, -0.1) is 0 Å². The average Bonchev–Trinajstić information content (AvgIpc) is 2.48. The van der Waals surface area contributed by atoms with Gasteiger partial charge in [-0.25, -0.2) is 0 Å². The molecule has 4 heteroatoms. The molecule has 1 atom stereocenters. The highest BCUT2D eigenvalue weighted by atomic mass is 16.3. The molecule has 104 valence electrons. The van der Waals surface area contributed by atoms with E-state index in [4.69, 9.17) is 0 Å². The van der Waals surface area contributed by atoms with E-state index in [0.717, 1.165) is 18.8 Å². The zero-order valence-corrected chi connectivity index (χ0v) is 11.8. The van der Waals surface area contributed by atoms with Gasteiger partial charge in [-0.3, -0.25) is 4.98 Å². The molecule has 1 aromatic heterocycles. The van der Waals surface area contributed by atoms with E-state index < -0.39 is 6.10 Å². The molecule has 1 aliphatic heterocycles. The number of rotatable bonds is 2. The third-order valence-corrected chi connectivity index (χ3v) is 3.75. The third-order valence-electron chi connectivity index (χ3n) is 3.75. The van der Waals surface area contributed by atoms with Crippen molar-refractivity contribution in [2.45, 2.75) is 13.0 Å². The Bertz CT molecular complexity index is 595. The molecular formula is C16H19N3O. The number of aliphatic hydroxyl groups is 1. The molecule has 0 aliphatic carbocycles. The topological polar surface area (TPSA) is 39.6 Å². The molecule has 0 fully saturated rings. The number of fused-ring (bicyclic) bond motifs is 1. The highest BCUT2D eigenvalue weighted by Gasteiger charge is 2.21. The van der Waals surface area contributed by atoms with Crippen molar-refractivity contribution >= 4 is 17.1 Å². The van der Waals surface area contributed by atoms with Gasteiger partial charge in [0.25, 0.3) is 0 Å². The standard InChI is InChI=1S/C16H19N3O/c1-12(20)14-8-7-13(11-17-14)19-10-9-18(2)15-5-3-4-6-16(15)19/h3-8,11-12,20H,9-10H2,1-2H3. The minimum atomic E-state index is -0.524. The van der Waals surface area contributed by atoms with Gasteiger partial charge in [-0.1, -0.05) is 12.1 Å². The molecular weight excluding hydrogens is 250 g/mol. The Morgan fingerprint density at radius 2 is 1.85 bits per heavy atom. The number of pyridine rings is 1. The summed E-state index contributed by atoms with van der Waals surface area (Å²) in [6.07, 6.45) is 1.31. The second kappa shape index (κ2) is 5.13. The molecule has 2 aromatic rings. The van der Waals surface area contributed by atoms with Crippen LogP contribution in [0.25, 0.3) is 0 Å². The van der Waals surface area contributed by atoms with Crippen LogP contribution in [-0.2, 0) is 0 Å². The van der Waals surface area contributed by atoms with Crippen molar-refractivity contribution in [2.24, 2.45) is 0 Å². The fourth-order valence-electron chi connectivity index (χ4n) is 2.58. The SMILES string of the molecule is CC(O)c1ccc(N2CCN(C)c3ccccc32)cn1. The molecule has 0 saturated carbocycles. The summed E-state index contributed by atoms with van der Waals surface area (Å²) in [4.78, 5) is 8.88. The van der Waals surface area contributed by atoms with Gasteiger partial charge in [0, 0.05) is 20.1 Å². The Labute approximate surface area is 119 Å². The predicted octanol–water partition coefficient (Wildman–Crippen LogP) is 2.72. The molecule has 1 aliphatic rings. The molecule has 0 spiro atoms. The molecule has 0 saturated heterocycles. The number of likely N-dealkylation sites (N-methyl/N-ethyl adjacent to an activating group) is 1. The Morgan fingerprint density at radius 3 is 2.50 bits per heavy atom. The van der Waals surface area contributed by atoms with E-state index in [9.17, 15) is 5.11 Å². The van der Waals surface area contributed by atoms with E-state index in [1.54, 1.807) is 6.92 Å². The molecule has 1 N–H and O–H groups in total. The lowest BCUT2D eigenvalue weighted by Crippen LogP contribution is -2.36. The summed E-state index contributed by atoms with van der Waals surface area (Å²) in [5.41, 5.74) is 4.21. The summed E-state index contributed by atoms with van der Waals surface area (Å²) in [7, 11) is 2.12. The number of hydrogen-bond acceptors (Lipinski definition) is 4. The maximum Gasteiger partial charge on any atom is 0.0931 e. The zero-order chi connectivity index (χ0) is 14.1. The summed E-state index contributed by atoms with van der Waals surface area (Å²) in [6, 6.07) is 12.3. The van der Waals surface area contributed by atoms with Gasteiger partial charge in [-0.05, 0) is 31.2 Å². The van der Waals surface area contributed by atoms with Crippen molar-refractivity contribution < 1.29 is 5.11 Å². The lowest BCUT2D eigenvalue weighted by atomic mass is 10.1. The zero-order valence-electron chi connectivity index (χ0n) is 11.8. The molecule has 0 amide bonds. The Hall–Kier alpha value is -2.07. The first kappa shape index (κ1) is 12.9. The smallest absolute Gasteiger partial charge is 0.0931 e. The van der Waals surface area contributed by atoms with Crippen LogP contribution in [0.15, 0.2) is 42.6 Å². The highest BCUT2D eigenvalue weighted by Crippen LogP contribution is 2.36. The van der Waals surface area contributed by atoms with Crippen molar-refractivity contribution in [3.05, 3.63) is 48.3 Å². The number of aliphatic hydroxyl groups excluding tert-OH is 1. The average molecular weight is 269 g/mol. The third kappa shape index (κ3) is 2.23. The first-order valence-electron chi connectivity index (χ1n) is 6.88. The minimum Gasteiger partial charge on any atom is -0.387 e. The van der Waals surface area contributed by atoms with Crippen molar-refractivity contribution in [2.75, 3.05) is 29.9 Å². The molecule has 3 rings (SSSR count). The van der Waals surface area contributed by atoms with Crippen molar-refractivity contribution in [1.29, 1.82) is 0 Å². The Kier molecular flexibility index (Phi) is 3.32. The van der Waals surface area contributed by atoms with Crippen molar-refractivity contribution in [1.82, 2.24) is 4.98 Å². The number of aromatic nitrogens is 1. The van der Waals surface area contributed by atoms with E-state index in [-0.39, 0.29) is 0 Å². The van der Waals surface area contributed by atoms with Crippen LogP contribution in [0.5, 0.6) is 0 Å². The first-order valence-corrected chi connectivity index (χ1v) is 6.88. The fourth-order valence-corrected chi connectivity index (χ4v) is 2.58. The van der Waals surface area contributed by atoms with Crippen LogP contribution >= 0.6 is 0 Å². The van der Waals surface area contributed by atoms with Crippen molar-refractivity contribution in [3.63, 3.8) is 0 Å². The summed E-state index contributed by atoms with van der Waals surface area (Å²) in [6.45, 7) is 3.64. The number of para-hydroxylation sites is 2. The minimum absolute atomic E-state index is 0.524. The summed E-state index contributed by atoms with van der Waals surface area (Å²) < 4.78 is 0. The molecule has 1 aromatic carbocycles. The molecule has 2 heterocycles. The maximum atomic E-state index is 9.53. The van der Waals surface area contributed by atoms with E-state index in [0.29, 0.717) is 5.69 Å². The summed E-state index contributed by atoms with van der Waals surface area (Å²) in [5, 5.41) is 9.53. The van der Waals surface area contributed by atoms with Gasteiger partial charge in [0.05, 0.1) is 35.1 Å². The fraction of sp³-hybridized carbons (Fsp3) is 0.312. The molecule has 4 nitrogen and oxygen atoms in total. The molecule has 1 unspecified atom stereocenters. The van der Waals surface area contributed by atoms with Crippen LogP contribution in [0.2, 0.25) is 0 Å². The van der Waals surface area contributed by atoms with E-state index in [1.165, 1.54) is 11.4 Å². The van der Waals surface area contributed by atoms with Gasteiger partial charge in [0.1, 0.15) is 0 Å². The predicted molar refractivity (Wildman–Crippen MR) is 81.6 cm³/mol. The lowest BCUT2D eigenvalue weighted by Gasteiger charge is -2.36. The monoisotopic (exact) mass is 269 g/mol. The maximum absolute atomic E-state index is 9.53. The van der Waals surface area contributed by atoms with Crippen LogP contribution in [0.4, 0.5) is 17.1 Å². The van der Waals surface area contributed by atoms with Crippen LogP contribution in [0.3, 0.4) is 0 Å². The van der Waals surface area contributed by atoms with E-state index in [1.807, 2.05) is 18.3 Å². The number of hydrogen-bond donors (Lipinski definition) is 1. The number of anilines is 3. The normalized spacial score (nSPS) is 15.9. The van der Waals surface area contributed by atoms with Gasteiger partial charge in [0.15, 0.2) is 0 Å². The van der Waals surface area contributed by atoms with E-state index >= 15 is 0 Å². The molecule has 0 bridgehead atoms. The lowest BCUT2D eigenvalue weighted by molar-refractivity contribution is 0.194. The van der Waals surface area contributed by atoms with Gasteiger partial charge < -0.3 is 14.9 Å². The first-order chi connectivity index (χ1) is 9.66. The summed E-state index contributed by atoms with van der Waals surface area (Å²) in [5.74, 6) is 0. The Morgan fingerprint density at radius 1 is 1.10 bits per heavy atom. The van der Waals surface area contributed by atoms with Gasteiger partial charge >= 0.3 is 0 Å². The van der Waals surface area contributed by atoms with Crippen LogP contribution in [0, 0.1) is 0 Å². The van der Waals surface area contributed by atoms with E-state index in [2.05, 4.69) is 46.1 Å². The quantitative estimate of drug-likeness (QED) is 0.910. The molecule has 0 radical (unpaired) electrons. The van der Waals surface area contributed by atoms with Crippen LogP contribution in [-0.4, -0.2) is 30.2 Å². The highest BCUT2D eigenvalue weighted by molar-refractivity contribution is 5.78. The largest absolute Gasteiger partial charge is 0.387 e. The summed E-state index contributed by atoms with van der Waals surface area (Å²) >= 11 is 0. The Balaban J connectivity index is 1.97. The van der Waals surface area contributed by atoms with Crippen LogP contribution < -0.4 is 9.80 Å². The number of nitrogens with zero attached hydrogens (tertiary/aromatic N) is 3. The van der Waals surface area contributed by atoms with Gasteiger partial charge in [0.2, 0.25) is 0 Å². The van der Waals surface area contributed by atoms with Gasteiger partial charge in [-0.2, -0.15) is 0 Å². The second-order valence-electron chi connectivity index (χ2n) is 5.18.